The van der Waals surface area contributed by atoms with Crippen LogP contribution in [-0.2, 0) is 0 Å². The van der Waals surface area contributed by atoms with Crippen LogP contribution in [0.3, 0.4) is 0 Å². The van der Waals surface area contributed by atoms with E-state index < -0.39 is 0 Å². The van der Waals surface area contributed by atoms with Gasteiger partial charge >= 0.3 is 0 Å². The maximum Gasteiger partial charge on any atom is 0.255 e. The number of methoxy groups -OCH3 is 1. The number of halogens is 1. The van der Waals surface area contributed by atoms with Gasteiger partial charge in [-0.1, -0.05) is 6.07 Å². The van der Waals surface area contributed by atoms with E-state index in [1.807, 2.05) is 48.9 Å². The Morgan fingerprint density at radius 2 is 1.88 bits per heavy atom. The summed E-state index contributed by atoms with van der Waals surface area (Å²) in [6.45, 7) is 3.94. The predicted molar refractivity (Wildman–Crippen MR) is 102 cm³/mol. The molecule has 0 atom stereocenters. The molecular weight excluding hydrogens is 382 g/mol. The lowest BCUT2D eigenvalue weighted by Crippen LogP contribution is -2.12. The molecule has 0 radical (unpaired) electrons. The summed E-state index contributed by atoms with van der Waals surface area (Å²) in [4.78, 5) is 12.4. The van der Waals surface area contributed by atoms with Crippen molar-refractivity contribution >= 4 is 27.5 Å². The van der Waals surface area contributed by atoms with Crippen LogP contribution in [0.15, 0.2) is 53.0 Å². The van der Waals surface area contributed by atoms with Crippen LogP contribution >= 0.6 is 15.9 Å². The molecule has 5 nitrogen and oxygen atoms in total. The number of hydrogen-bond donors (Lipinski definition) is 1. The second-order valence-corrected chi connectivity index (χ2v) is 6.42. The minimum Gasteiger partial charge on any atom is -0.497 e. The number of nitrogens with zero attached hydrogens (tertiary/aromatic N) is 2. The van der Waals surface area contributed by atoms with Gasteiger partial charge in [0.2, 0.25) is 0 Å². The summed E-state index contributed by atoms with van der Waals surface area (Å²) in [5.74, 6) is 0.526. The van der Waals surface area contributed by atoms with Crippen LogP contribution in [0.25, 0.3) is 5.69 Å². The van der Waals surface area contributed by atoms with Crippen molar-refractivity contribution in [3.8, 4) is 11.4 Å². The number of anilines is 1. The Balaban J connectivity index is 1.79. The van der Waals surface area contributed by atoms with Crippen LogP contribution in [0.1, 0.15) is 21.7 Å². The third-order valence-electron chi connectivity index (χ3n) is 3.90. The number of carbonyl (C=O) groups excluding carboxylic acids is 1. The fourth-order valence-corrected chi connectivity index (χ4v) is 2.78. The molecule has 1 N–H and O–H groups in total. The maximum atomic E-state index is 12.4. The normalized spacial score (nSPS) is 10.6. The van der Waals surface area contributed by atoms with Crippen LogP contribution in [0.4, 0.5) is 5.69 Å². The molecule has 25 heavy (non-hydrogen) atoms. The fraction of sp³-hybridized carbons (Fsp3) is 0.158. The van der Waals surface area contributed by atoms with Gasteiger partial charge in [0.15, 0.2) is 0 Å². The molecule has 0 saturated carbocycles. The summed E-state index contributed by atoms with van der Waals surface area (Å²) in [7, 11) is 1.59. The molecule has 6 heteroatoms. The van der Waals surface area contributed by atoms with Gasteiger partial charge in [0, 0.05) is 17.3 Å². The summed E-state index contributed by atoms with van der Waals surface area (Å²) in [6.07, 6.45) is 0. The highest BCUT2D eigenvalue weighted by molar-refractivity contribution is 9.10. The molecular formula is C19H18BrN3O2. The van der Waals surface area contributed by atoms with Crippen molar-refractivity contribution < 1.29 is 9.53 Å². The number of hydrogen-bond acceptors (Lipinski definition) is 3. The number of benzene rings is 2. The first-order valence-electron chi connectivity index (χ1n) is 7.77. The molecule has 2 aromatic carbocycles. The molecule has 1 heterocycles. The van der Waals surface area contributed by atoms with E-state index in [2.05, 4.69) is 26.3 Å². The van der Waals surface area contributed by atoms with E-state index in [0.29, 0.717) is 17.0 Å². The van der Waals surface area contributed by atoms with E-state index in [0.717, 1.165) is 21.5 Å². The highest BCUT2D eigenvalue weighted by atomic mass is 79.9. The minimum absolute atomic E-state index is 0.172. The van der Waals surface area contributed by atoms with Gasteiger partial charge in [-0.25, -0.2) is 4.68 Å². The number of aryl methyl sites for hydroxylation is 1. The third-order valence-corrected chi connectivity index (χ3v) is 5.05. The first kappa shape index (κ1) is 17.2. The molecule has 0 unspecified atom stereocenters. The zero-order chi connectivity index (χ0) is 18.0. The van der Waals surface area contributed by atoms with Gasteiger partial charge in [0.25, 0.3) is 5.91 Å². The molecule has 0 saturated heterocycles. The first-order chi connectivity index (χ1) is 12.0. The highest BCUT2D eigenvalue weighted by Crippen LogP contribution is 2.23. The standard InChI is InChI=1S/C19H18BrN3O2/c1-12-18(20)13(2)23(22-12)16-9-7-14(8-10-16)19(24)21-15-5-4-6-17(11-15)25-3/h4-11H,1-3H3,(H,21,24). The van der Waals surface area contributed by atoms with E-state index in [9.17, 15) is 4.79 Å². The Labute approximate surface area is 154 Å². The van der Waals surface area contributed by atoms with Gasteiger partial charge in [0.05, 0.1) is 28.7 Å². The lowest BCUT2D eigenvalue weighted by atomic mass is 10.2. The Morgan fingerprint density at radius 3 is 2.48 bits per heavy atom. The monoisotopic (exact) mass is 399 g/mol. The van der Waals surface area contributed by atoms with E-state index in [1.165, 1.54) is 0 Å². The number of aromatic nitrogens is 2. The number of amides is 1. The lowest BCUT2D eigenvalue weighted by Gasteiger charge is -2.08. The van der Waals surface area contributed by atoms with Crippen molar-refractivity contribution in [1.82, 2.24) is 9.78 Å². The molecule has 0 bridgehead atoms. The molecule has 1 amide bonds. The van der Waals surface area contributed by atoms with Crippen LogP contribution in [0.2, 0.25) is 0 Å². The minimum atomic E-state index is -0.172. The second kappa shape index (κ2) is 7.11. The van der Waals surface area contributed by atoms with Crippen LogP contribution in [0.5, 0.6) is 5.75 Å². The number of ether oxygens (including phenoxy) is 1. The van der Waals surface area contributed by atoms with Crippen molar-refractivity contribution in [2.24, 2.45) is 0 Å². The molecule has 0 fully saturated rings. The highest BCUT2D eigenvalue weighted by Gasteiger charge is 2.11. The van der Waals surface area contributed by atoms with Gasteiger partial charge in [-0.3, -0.25) is 4.79 Å². The summed E-state index contributed by atoms with van der Waals surface area (Å²) in [6, 6.07) is 14.6. The van der Waals surface area contributed by atoms with E-state index >= 15 is 0 Å². The summed E-state index contributed by atoms with van der Waals surface area (Å²) < 4.78 is 8.01. The SMILES string of the molecule is COc1cccc(NC(=O)c2ccc(-n3nc(C)c(Br)c3C)cc2)c1. The average Bonchev–Trinajstić information content (AvgIpc) is 2.89. The molecule has 3 aromatic rings. The van der Waals surface area contributed by atoms with Gasteiger partial charge < -0.3 is 10.1 Å². The maximum absolute atomic E-state index is 12.4. The largest absolute Gasteiger partial charge is 0.497 e. The van der Waals surface area contributed by atoms with E-state index in [-0.39, 0.29) is 5.91 Å². The molecule has 1 aromatic heterocycles. The summed E-state index contributed by atoms with van der Waals surface area (Å²) >= 11 is 3.53. The smallest absolute Gasteiger partial charge is 0.255 e. The molecule has 0 aliphatic heterocycles. The van der Waals surface area contributed by atoms with Crippen molar-refractivity contribution in [3.63, 3.8) is 0 Å². The number of carbonyl (C=O) groups is 1. The first-order valence-corrected chi connectivity index (χ1v) is 8.56. The topological polar surface area (TPSA) is 56.1 Å². The molecule has 0 spiro atoms. The van der Waals surface area contributed by atoms with Gasteiger partial charge in [-0.2, -0.15) is 5.10 Å². The Bertz CT molecular complexity index is 917. The van der Waals surface area contributed by atoms with Crippen molar-refractivity contribution in [3.05, 3.63) is 70.0 Å². The predicted octanol–water partition coefficient (Wildman–Crippen LogP) is 4.51. The fourth-order valence-electron chi connectivity index (χ4n) is 2.53. The van der Waals surface area contributed by atoms with Crippen molar-refractivity contribution in [2.75, 3.05) is 12.4 Å². The molecule has 0 aliphatic rings. The second-order valence-electron chi connectivity index (χ2n) is 5.63. The Kier molecular flexibility index (Phi) is 4.90. The van der Waals surface area contributed by atoms with Crippen LogP contribution < -0.4 is 10.1 Å². The van der Waals surface area contributed by atoms with Crippen LogP contribution in [-0.4, -0.2) is 22.8 Å². The zero-order valence-electron chi connectivity index (χ0n) is 14.2. The summed E-state index contributed by atoms with van der Waals surface area (Å²) in [5, 5.41) is 7.36. The van der Waals surface area contributed by atoms with E-state index in [4.69, 9.17) is 4.74 Å². The molecule has 128 valence electrons. The number of nitrogens with one attached hydrogen (secondary N) is 1. The van der Waals surface area contributed by atoms with Crippen molar-refractivity contribution in [1.29, 1.82) is 0 Å². The third kappa shape index (κ3) is 3.58. The Morgan fingerprint density at radius 1 is 1.16 bits per heavy atom. The van der Waals surface area contributed by atoms with Gasteiger partial charge in [-0.05, 0) is 66.2 Å². The Hall–Kier alpha value is -2.60. The lowest BCUT2D eigenvalue weighted by molar-refractivity contribution is 0.102. The van der Waals surface area contributed by atoms with Gasteiger partial charge in [0.1, 0.15) is 5.75 Å². The van der Waals surface area contributed by atoms with Crippen LogP contribution in [0, 0.1) is 13.8 Å². The van der Waals surface area contributed by atoms with Crippen molar-refractivity contribution in [2.45, 2.75) is 13.8 Å². The van der Waals surface area contributed by atoms with Gasteiger partial charge in [-0.15, -0.1) is 0 Å². The zero-order valence-corrected chi connectivity index (χ0v) is 15.8. The quantitative estimate of drug-likeness (QED) is 0.701. The summed E-state index contributed by atoms with van der Waals surface area (Å²) in [5.41, 5.74) is 4.12. The van der Waals surface area contributed by atoms with E-state index in [1.54, 1.807) is 25.3 Å². The number of rotatable bonds is 4. The molecule has 3 rings (SSSR count). The molecule has 0 aliphatic carbocycles. The average molecular weight is 400 g/mol.